The number of halogens is 1. The van der Waals surface area contributed by atoms with Gasteiger partial charge in [-0.2, -0.15) is 0 Å². The van der Waals surface area contributed by atoms with Gasteiger partial charge in [0.2, 0.25) is 0 Å². The van der Waals surface area contributed by atoms with Gasteiger partial charge in [-0.1, -0.05) is 6.92 Å². The van der Waals surface area contributed by atoms with Crippen LogP contribution < -0.4 is 5.32 Å². The van der Waals surface area contributed by atoms with Gasteiger partial charge < -0.3 is 10.4 Å². The average molecular weight is 212 g/mol. The fourth-order valence-electron chi connectivity index (χ4n) is 0.932. The fourth-order valence-corrected chi connectivity index (χ4v) is 0.932. The van der Waals surface area contributed by atoms with Gasteiger partial charge in [-0.15, -0.1) is 0 Å². The number of aromatic nitrogens is 1. The predicted octanol–water partition coefficient (Wildman–Crippen LogP) is 0.579. The molecule has 0 spiro atoms. The van der Waals surface area contributed by atoms with Crippen LogP contribution in [0.4, 0.5) is 4.39 Å². The molecule has 0 aromatic carbocycles. The summed E-state index contributed by atoms with van der Waals surface area (Å²) in [6.45, 7) is 2.18. The summed E-state index contributed by atoms with van der Waals surface area (Å²) in [6, 6.07) is 2.49. The second-order valence-corrected chi connectivity index (χ2v) is 3.36. The highest BCUT2D eigenvalue weighted by molar-refractivity contribution is 5.92. The molecule has 1 heterocycles. The largest absolute Gasteiger partial charge is 0.396 e. The molecule has 1 amide bonds. The molecule has 4 nitrogen and oxygen atoms in total. The average Bonchev–Trinajstić information content (AvgIpc) is 2.26. The summed E-state index contributed by atoms with van der Waals surface area (Å²) in [5.74, 6) is -0.847. The molecule has 0 saturated heterocycles. The van der Waals surface area contributed by atoms with Gasteiger partial charge in [-0.05, 0) is 18.1 Å². The molecule has 0 radical (unpaired) electrons. The summed E-state index contributed by atoms with van der Waals surface area (Å²) in [6.07, 6.45) is 0.990. The molecule has 1 aromatic heterocycles. The predicted molar refractivity (Wildman–Crippen MR) is 52.8 cm³/mol. The minimum absolute atomic E-state index is 0.00519. The zero-order chi connectivity index (χ0) is 11.3. The Kier molecular flexibility index (Phi) is 4.17. The summed E-state index contributed by atoms with van der Waals surface area (Å²) in [5, 5.41) is 11.3. The molecule has 0 aliphatic carbocycles. The van der Waals surface area contributed by atoms with Gasteiger partial charge in [-0.25, -0.2) is 9.37 Å². The number of nitrogens with one attached hydrogen (secondary N) is 1. The molecular formula is C10H13FN2O2. The molecule has 15 heavy (non-hydrogen) atoms. The van der Waals surface area contributed by atoms with Crippen LogP contribution in [0.1, 0.15) is 17.4 Å². The van der Waals surface area contributed by atoms with E-state index < -0.39 is 5.82 Å². The summed E-state index contributed by atoms with van der Waals surface area (Å²) in [7, 11) is 0. The Morgan fingerprint density at radius 2 is 2.40 bits per heavy atom. The second kappa shape index (κ2) is 5.41. The smallest absolute Gasteiger partial charge is 0.269 e. The van der Waals surface area contributed by atoms with Crippen LogP contribution in [0.5, 0.6) is 0 Å². The summed E-state index contributed by atoms with van der Waals surface area (Å²) >= 11 is 0. The van der Waals surface area contributed by atoms with Gasteiger partial charge in [0, 0.05) is 13.2 Å². The maximum Gasteiger partial charge on any atom is 0.269 e. The SMILES string of the molecule is CC(CO)CNC(=O)c1ccc(F)cn1. The van der Waals surface area contributed by atoms with Crippen LogP contribution in [-0.2, 0) is 0 Å². The van der Waals surface area contributed by atoms with Gasteiger partial charge in [0.05, 0.1) is 6.20 Å². The van der Waals surface area contributed by atoms with Gasteiger partial charge >= 0.3 is 0 Å². The van der Waals surface area contributed by atoms with Crippen LogP contribution in [0.15, 0.2) is 18.3 Å². The summed E-state index contributed by atoms with van der Waals surface area (Å²) < 4.78 is 12.5. The van der Waals surface area contributed by atoms with E-state index in [0.29, 0.717) is 6.54 Å². The lowest BCUT2D eigenvalue weighted by Crippen LogP contribution is -2.30. The zero-order valence-electron chi connectivity index (χ0n) is 8.40. The summed E-state index contributed by atoms with van der Waals surface area (Å²) in [5.41, 5.74) is 0.168. The Labute approximate surface area is 87.1 Å². The molecule has 1 atom stereocenters. The van der Waals surface area contributed by atoms with Crippen LogP contribution in [0.25, 0.3) is 0 Å². The first-order valence-electron chi connectivity index (χ1n) is 4.64. The van der Waals surface area contributed by atoms with E-state index >= 15 is 0 Å². The standard InChI is InChI=1S/C10H13FN2O2/c1-7(6-14)4-13-10(15)9-3-2-8(11)5-12-9/h2-3,5,7,14H,4,6H2,1H3,(H,13,15). The van der Waals surface area contributed by atoms with Crippen LogP contribution >= 0.6 is 0 Å². The first-order chi connectivity index (χ1) is 7.13. The zero-order valence-corrected chi connectivity index (χ0v) is 8.40. The van der Waals surface area contributed by atoms with Gasteiger partial charge in [0.15, 0.2) is 0 Å². The number of aliphatic hydroxyl groups is 1. The van der Waals surface area contributed by atoms with E-state index in [2.05, 4.69) is 10.3 Å². The number of pyridine rings is 1. The third kappa shape index (κ3) is 3.63. The number of carbonyl (C=O) groups excluding carboxylic acids is 1. The third-order valence-electron chi connectivity index (χ3n) is 1.88. The highest BCUT2D eigenvalue weighted by atomic mass is 19.1. The Balaban J connectivity index is 2.50. The van der Waals surface area contributed by atoms with Gasteiger partial charge in [-0.3, -0.25) is 4.79 Å². The van der Waals surface area contributed by atoms with Crippen molar-refractivity contribution in [2.45, 2.75) is 6.92 Å². The number of hydrogen-bond acceptors (Lipinski definition) is 3. The molecule has 0 saturated carbocycles. The van der Waals surface area contributed by atoms with Crippen molar-refractivity contribution >= 4 is 5.91 Å². The normalized spacial score (nSPS) is 12.2. The molecule has 1 rings (SSSR count). The van der Waals surface area contributed by atoms with Crippen molar-refractivity contribution in [3.8, 4) is 0 Å². The highest BCUT2D eigenvalue weighted by Crippen LogP contribution is 1.98. The maximum absolute atomic E-state index is 12.5. The van der Waals surface area contributed by atoms with Crippen LogP contribution in [0, 0.1) is 11.7 Å². The maximum atomic E-state index is 12.5. The van der Waals surface area contributed by atoms with Gasteiger partial charge in [0.25, 0.3) is 5.91 Å². The lowest BCUT2D eigenvalue weighted by molar-refractivity contribution is 0.0937. The first kappa shape index (κ1) is 11.6. The molecule has 0 aliphatic heterocycles. The van der Waals surface area contributed by atoms with E-state index in [4.69, 9.17) is 5.11 Å². The van der Waals surface area contributed by atoms with E-state index in [1.54, 1.807) is 6.92 Å². The number of rotatable bonds is 4. The van der Waals surface area contributed by atoms with Gasteiger partial charge in [0.1, 0.15) is 11.5 Å². The summed E-state index contributed by atoms with van der Waals surface area (Å²) in [4.78, 5) is 15.0. The number of hydrogen-bond donors (Lipinski definition) is 2. The first-order valence-corrected chi connectivity index (χ1v) is 4.64. The Morgan fingerprint density at radius 1 is 1.67 bits per heavy atom. The third-order valence-corrected chi connectivity index (χ3v) is 1.88. The minimum atomic E-state index is -0.477. The van der Waals surface area contributed by atoms with Crippen molar-refractivity contribution in [3.63, 3.8) is 0 Å². The lowest BCUT2D eigenvalue weighted by Gasteiger charge is -2.08. The highest BCUT2D eigenvalue weighted by Gasteiger charge is 2.08. The molecule has 1 unspecified atom stereocenters. The van der Waals surface area contributed by atoms with Crippen LogP contribution in [0.2, 0.25) is 0 Å². The number of aliphatic hydroxyl groups excluding tert-OH is 1. The van der Waals surface area contributed by atoms with E-state index in [1.165, 1.54) is 12.1 Å². The second-order valence-electron chi connectivity index (χ2n) is 3.36. The van der Waals surface area contributed by atoms with Crippen molar-refractivity contribution in [1.82, 2.24) is 10.3 Å². The van der Waals surface area contributed by atoms with Crippen molar-refractivity contribution < 1.29 is 14.3 Å². The quantitative estimate of drug-likeness (QED) is 0.767. The molecule has 2 N–H and O–H groups in total. The Bertz CT molecular complexity index is 327. The fraction of sp³-hybridized carbons (Fsp3) is 0.400. The molecule has 5 heteroatoms. The number of amides is 1. The van der Waals surface area contributed by atoms with E-state index in [1.807, 2.05) is 0 Å². The molecular weight excluding hydrogens is 199 g/mol. The van der Waals surface area contributed by atoms with Crippen LogP contribution in [0.3, 0.4) is 0 Å². The van der Waals surface area contributed by atoms with Crippen molar-refractivity contribution in [1.29, 1.82) is 0 Å². The van der Waals surface area contributed by atoms with E-state index in [-0.39, 0.29) is 24.1 Å². The van der Waals surface area contributed by atoms with Crippen molar-refractivity contribution in [2.24, 2.45) is 5.92 Å². The molecule has 82 valence electrons. The molecule has 0 fully saturated rings. The van der Waals surface area contributed by atoms with Crippen molar-refractivity contribution in [3.05, 3.63) is 29.8 Å². The Hall–Kier alpha value is -1.49. The number of carbonyl (C=O) groups is 1. The minimum Gasteiger partial charge on any atom is -0.396 e. The van der Waals surface area contributed by atoms with Crippen LogP contribution in [-0.4, -0.2) is 29.1 Å². The molecule has 1 aromatic rings. The topological polar surface area (TPSA) is 62.2 Å². The molecule has 0 bridgehead atoms. The van der Waals surface area contributed by atoms with Crippen molar-refractivity contribution in [2.75, 3.05) is 13.2 Å². The lowest BCUT2D eigenvalue weighted by atomic mass is 10.2. The Morgan fingerprint density at radius 3 is 2.93 bits per heavy atom. The van der Waals surface area contributed by atoms with E-state index in [9.17, 15) is 9.18 Å². The number of nitrogens with zero attached hydrogens (tertiary/aromatic N) is 1. The monoisotopic (exact) mass is 212 g/mol. The van der Waals surface area contributed by atoms with E-state index in [0.717, 1.165) is 6.20 Å². The molecule has 0 aliphatic rings.